The predicted molar refractivity (Wildman–Crippen MR) is 74.5 cm³/mol. The molecule has 2 rings (SSSR count). The largest absolute Gasteiger partial charge is 0.309 e. The molecule has 5 heteroatoms. The first-order valence-corrected chi connectivity index (χ1v) is 9.09. The van der Waals surface area contributed by atoms with Crippen LogP contribution in [0.5, 0.6) is 0 Å². The molecule has 1 saturated heterocycles. The van der Waals surface area contributed by atoms with Crippen molar-refractivity contribution in [2.24, 2.45) is 0 Å². The fourth-order valence-electron chi connectivity index (χ4n) is 3.40. The number of hydrogen-bond acceptors (Lipinski definition) is 4. The number of rotatable bonds is 5. The minimum Gasteiger partial charge on any atom is -0.309 e. The maximum absolute atomic E-state index is 11.7. The molecule has 0 aromatic carbocycles. The highest BCUT2D eigenvalue weighted by molar-refractivity contribution is 7.91. The van der Waals surface area contributed by atoms with Crippen LogP contribution in [0.2, 0.25) is 0 Å². The molecule has 1 N–H and O–H groups in total. The molecule has 106 valence electrons. The summed E-state index contributed by atoms with van der Waals surface area (Å²) >= 11 is 0. The smallest absolute Gasteiger partial charge is 0.151 e. The number of sulfone groups is 1. The average molecular weight is 274 g/mol. The molecule has 0 aromatic rings. The van der Waals surface area contributed by atoms with Gasteiger partial charge in [0.05, 0.1) is 5.25 Å². The van der Waals surface area contributed by atoms with Crippen molar-refractivity contribution in [1.29, 1.82) is 0 Å². The van der Waals surface area contributed by atoms with E-state index < -0.39 is 9.84 Å². The minimum absolute atomic E-state index is 0.164. The highest BCUT2D eigenvalue weighted by Crippen LogP contribution is 2.25. The topological polar surface area (TPSA) is 49.4 Å². The van der Waals surface area contributed by atoms with Crippen molar-refractivity contribution in [1.82, 2.24) is 10.2 Å². The average Bonchev–Trinajstić information content (AvgIpc) is 2.87. The van der Waals surface area contributed by atoms with Gasteiger partial charge in [-0.2, -0.15) is 0 Å². The molecule has 2 aliphatic rings. The minimum atomic E-state index is -2.90. The lowest BCUT2D eigenvalue weighted by Crippen LogP contribution is -2.48. The maximum atomic E-state index is 11.7. The Morgan fingerprint density at radius 3 is 2.50 bits per heavy atom. The van der Waals surface area contributed by atoms with E-state index in [9.17, 15) is 8.42 Å². The van der Waals surface area contributed by atoms with E-state index in [4.69, 9.17) is 0 Å². The van der Waals surface area contributed by atoms with Crippen molar-refractivity contribution in [3.8, 4) is 0 Å². The van der Waals surface area contributed by atoms with E-state index in [0.717, 1.165) is 25.8 Å². The van der Waals surface area contributed by atoms with Gasteiger partial charge >= 0.3 is 0 Å². The highest BCUT2D eigenvalue weighted by atomic mass is 32.2. The first-order valence-electron chi connectivity index (χ1n) is 7.14. The van der Waals surface area contributed by atoms with Crippen LogP contribution >= 0.6 is 0 Å². The Hall–Kier alpha value is -0.130. The van der Waals surface area contributed by atoms with Crippen LogP contribution in [-0.4, -0.2) is 56.5 Å². The molecule has 0 amide bonds. The number of hydrogen-bond donors (Lipinski definition) is 1. The standard InChI is InChI=1S/C13H26N2O2S/c1-11(10-15-8-3-4-9-15)14-12-6-5-7-13(12)18(2,16)17/h11-14H,3-10H2,1-2H3. The van der Waals surface area contributed by atoms with Gasteiger partial charge in [0.1, 0.15) is 0 Å². The summed E-state index contributed by atoms with van der Waals surface area (Å²) in [5.74, 6) is 0. The van der Waals surface area contributed by atoms with E-state index in [1.807, 2.05) is 0 Å². The zero-order valence-electron chi connectivity index (χ0n) is 11.6. The van der Waals surface area contributed by atoms with Crippen LogP contribution in [0.1, 0.15) is 39.0 Å². The van der Waals surface area contributed by atoms with Gasteiger partial charge in [-0.1, -0.05) is 6.42 Å². The first-order chi connectivity index (χ1) is 8.47. The third kappa shape index (κ3) is 3.68. The zero-order chi connectivity index (χ0) is 13.2. The molecular weight excluding hydrogens is 248 g/mol. The summed E-state index contributed by atoms with van der Waals surface area (Å²) in [5.41, 5.74) is 0. The van der Waals surface area contributed by atoms with E-state index in [0.29, 0.717) is 6.04 Å². The van der Waals surface area contributed by atoms with Gasteiger partial charge in [-0.05, 0) is 45.7 Å². The van der Waals surface area contributed by atoms with Crippen LogP contribution < -0.4 is 5.32 Å². The lowest BCUT2D eigenvalue weighted by molar-refractivity contribution is 0.286. The van der Waals surface area contributed by atoms with Crippen LogP contribution in [0.4, 0.5) is 0 Å². The SMILES string of the molecule is CC(CN1CCCC1)NC1CCCC1S(C)(=O)=O. The Morgan fingerprint density at radius 1 is 1.22 bits per heavy atom. The fourth-order valence-corrected chi connectivity index (χ4v) is 4.81. The van der Waals surface area contributed by atoms with Gasteiger partial charge < -0.3 is 10.2 Å². The quantitative estimate of drug-likeness (QED) is 0.813. The van der Waals surface area contributed by atoms with Crippen molar-refractivity contribution in [3.63, 3.8) is 0 Å². The van der Waals surface area contributed by atoms with Crippen LogP contribution in [0, 0.1) is 0 Å². The van der Waals surface area contributed by atoms with Gasteiger partial charge in [-0.3, -0.25) is 0 Å². The van der Waals surface area contributed by atoms with E-state index in [-0.39, 0.29) is 11.3 Å². The molecule has 0 aromatic heterocycles. The van der Waals surface area contributed by atoms with Crippen molar-refractivity contribution in [3.05, 3.63) is 0 Å². The van der Waals surface area contributed by atoms with Crippen molar-refractivity contribution < 1.29 is 8.42 Å². The maximum Gasteiger partial charge on any atom is 0.151 e. The Labute approximate surface area is 111 Å². The van der Waals surface area contributed by atoms with E-state index in [1.165, 1.54) is 32.2 Å². The molecule has 1 saturated carbocycles. The zero-order valence-corrected chi connectivity index (χ0v) is 12.4. The second kappa shape index (κ2) is 5.88. The van der Waals surface area contributed by atoms with Crippen molar-refractivity contribution >= 4 is 9.84 Å². The van der Waals surface area contributed by atoms with E-state index in [2.05, 4.69) is 17.1 Å². The molecule has 1 heterocycles. The molecule has 0 bridgehead atoms. The molecule has 3 unspecified atom stereocenters. The third-order valence-corrected chi connectivity index (χ3v) is 5.90. The molecule has 0 radical (unpaired) electrons. The molecule has 1 aliphatic carbocycles. The van der Waals surface area contributed by atoms with Gasteiger partial charge in [0.2, 0.25) is 0 Å². The third-order valence-electron chi connectivity index (χ3n) is 4.23. The first kappa shape index (κ1) is 14.3. The molecule has 1 aliphatic heterocycles. The van der Waals surface area contributed by atoms with E-state index in [1.54, 1.807) is 0 Å². The summed E-state index contributed by atoms with van der Waals surface area (Å²) in [6.07, 6.45) is 6.86. The number of nitrogens with one attached hydrogen (secondary N) is 1. The molecule has 3 atom stereocenters. The number of nitrogens with zero attached hydrogens (tertiary/aromatic N) is 1. The molecule has 4 nitrogen and oxygen atoms in total. The summed E-state index contributed by atoms with van der Waals surface area (Å²) in [6, 6.07) is 0.549. The summed E-state index contributed by atoms with van der Waals surface area (Å²) in [5, 5.41) is 3.37. The Bertz CT molecular complexity index is 363. The Balaban J connectivity index is 1.84. The predicted octanol–water partition coefficient (Wildman–Crippen LogP) is 1.03. The Kier molecular flexibility index (Phi) is 4.67. The molecule has 2 fully saturated rings. The van der Waals surface area contributed by atoms with Gasteiger partial charge in [-0.25, -0.2) is 8.42 Å². The monoisotopic (exact) mass is 274 g/mol. The van der Waals surface area contributed by atoms with Crippen molar-refractivity contribution in [2.75, 3.05) is 25.9 Å². The lowest BCUT2D eigenvalue weighted by atomic mass is 10.2. The summed E-state index contributed by atoms with van der Waals surface area (Å²) in [6.45, 7) is 5.63. The normalized spacial score (nSPS) is 31.9. The van der Waals surface area contributed by atoms with Crippen LogP contribution in [0.3, 0.4) is 0 Å². The summed E-state index contributed by atoms with van der Waals surface area (Å²) in [7, 11) is -2.90. The van der Waals surface area contributed by atoms with Gasteiger partial charge in [-0.15, -0.1) is 0 Å². The van der Waals surface area contributed by atoms with Crippen LogP contribution in [0.25, 0.3) is 0 Å². The summed E-state index contributed by atoms with van der Waals surface area (Å²) < 4.78 is 23.4. The van der Waals surface area contributed by atoms with Crippen LogP contribution in [0.15, 0.2) is 0 Å². The fraction of sp³-hybridized carbons (Fsp3) is 1.00. The van der Waals surface area contributed by atoms with Crippen molar-refractivity contribution in [2.45, 2.75) is 56.4 Å². The molecule has 0 spiro atoms. The highest BCUT2D eigenvalue weighted by Gasteiger charge is 2.35. The number of likely N-dealkylation sites (tertiary alicyclic amines) is 1. The Morgan fingerprint density at radius 2 is 1.89 bits per heavy atom. The second-order valence-electron chi connectivity index (χ2n) is 5.98. The van der Waals surface area contributed by atoms with Gasteiger partial charge in [0.25, 0.3) is 0 Å². The summed E-state index contributed by atoms with van der Waals surface area (Å²) in [4.78, 5) is 2.47. The lowest BCUT2D eigenvalue weighted by Gasteiger charge is -2.27. The van der Waals surface area contributed by atoms with Gasteiger partial charge in [0.15, 0.2) is 9.84 Å². The molecular formula is C13H26N2O2S. The van der Waals surface area contributed by atoms with E-state index >= 15 is 0 Å². The van der Waals surface area contributed by atoms with Crippen LogP contribution in [-0.2, 0) is 9.84 Å². The molecule has 18 heavy (non-hydrogen) atoms. The second-order valence-corrected chi connectivity index (χ2v) is 8.25. The van der Waals surface area contributed by atoms with Gasteiger partial charge in [0, 0.05) is 24.9 Å².